The van der Waals surface area contributed by atoms with Crippen LogP contribution in [0.1, 0.15) is 90.6 Å². The van der Waals surface area contributed by atoms with Gasteiger partial charge in [-0.25, -0.2) is 19.3 Å². The van der Waals surface area contributed by atoms with Crippen LogP contribution in [0.5, 0.6) is 17.4 Å². The first-order valence-electron chi connectivity index (χ1n) is 26.9. The molecule has 0 radical (unpaired) electrons. The molecule has 81 heavy (non-hydrogen) atoms. The number of imidazole rings is 1. The highest BCUT2D eigenvalue weighted by Gasteiger charge is 2.59. The van der Waals surface area contributed by atoms with E-state index in [0.29, 0.717) is 46.0 Å². The standard InChI is InChI=1S/C61H69N8O11P/c1-10-21-49(70)77-53-51(80-81(76-37-20-36-62)69(40(4)5)41(6)7)52(54(71)61(42-22-14-11-15-23-42,43-28-32-47(74-8)33-29-43)44-30-34-48(75-9)35-31-44)78-58(53)67-38-63-50-55(67)64-59(65-56(72)39(2)3)66-57(50)79-60(73)68(45-24-16-12-17-25-45)46-26-18-13-19-27-46/h11-19,22-35,38-41,51-54,58,71H,10,20-21,37H2,1-9H3,(H,64,65,66,72)/t51-,52+,53-,54?,58-,81?/m1/s1. The third kappa shape index (κ3) is 13.0. The topological polar surface area (TPSA) is 222 Å². The van der Waals surface area contributed by atoms with Gasteiger partial charge in [0, 0.05) is 24.4 Å². The number of nitrogens with one attached hydrogen (secondary N) is 1. The van der Waals surface area contributed by atoms with Crippen LogP contribution in [0.2, 0.25) is 0 Å². The van der Waals surface area contributed by atoms with Gasteiger partial charge in [-0.2, -0.15) is 15.2 Å². The molecule has 0 saturated carbocycles. The van der Waals surface area contributed by atoms with Crippen molar-refractivity contribution in [2.24, 2.45) is 5.92 Å². The van der Waals surface area contributed by atoms with E-state index in [1.165, 1.54) is 15.8 Å². The number of carbonyl (C=O) groups excluding carboxylic acids is 3. The molecule has 2 amide bonds. The number of ether oxygens (including phenoxy) is 5. The summed E-state index contributed by atoms with van der Waals surface area (Å²) in [4.78, 5) is 58.0. The lowest BCUT2D eigenvalue weighted by atomic mass is 9.64. The molecule has 1 aliphatic heterocycles. The number of esters is 1. The van der Waals surface area contributed by atoms with Crippen LogP contribution in [0, 0.1) is 17.2 Å². The van der Waals surface area contributed by atoms with Gasteiger partial charge in [0.2, 0.25) is 11.9 Å². The number of hydrogen-bond acceptors (Lipinski definition) is 16. The van der Waals surface area contributed by atoms with Gasteiger partial charge in [0.05, 0.1) is 56.4 Å². The van der Waals surface area contributed by atoms with E-state index in [-0.39, 0.29) is 54.5 Å². The van der Waals surface area contributed by atoms with E-state index < -0.39 is 68.5 Å². The highest BCUT2D eigenvalue weighted by atomic mass is 31.2. The summed E-state index contributed by atoms with van der Waals surface area (Å²) in [6.07, 6.45) is -6.23. The number of fused-ring (bicyclic) bond motifs is 1. The second kappa shape index (κ2) is 27.1. The van der Waals surface area contributed by atoms with Crippen LogP contribution in [0.3, 0.4) is 0 Å². The number of rotatable bonds is 24. The Morgan fingerprint density at radius 1 is 0.778 bits per heavy atom. The fraction of sp³-hybridized carbons (Fsp3) is 0.361. The zero-order valence-electron chi connectivity index (χ0n) is 46.9. The van der Waals surface area contributed by atoms with Crippen molar-refractivity contribution in [3.05, 3.63) is 163 Å². The molecular weight excluding hydrogens is 1050 g/mol. The Balaban J connectivity index is 1.38. The normalized spacial score (nSPS) is 17.0. The molecule has 19 nitrogen and oxygen atoms in total. The van der Waals surface area contributed by atoms with Crippen molar-refractivity contribution in [1.29, 1.82) is 5.26 Å². The smallest absolute Gasteiger partial charge is 0.425 e. The van der Waals surface area contributed by atoms with Crippen LogP contribution in [0.25, 0.3) is 11.2 Å². The second-order valence-electron chi connectivity index (χ2n) is 20.1. The first kappa shape index (κ1) is 59.3. The number of anilines is 3. The van der Waals surface area contributed by atoms with Gasteiger partial charge in [-0.05, 0) is 99.3 Å². The molecule has 1 saturated heterocycles. The minimum Gasteiger partial charge on any atom is -0.497 e. The molecule has 2 unspecified atom stereocenters. The molecule has 2 N–H and O–H groups in total. The minimum absolute atomic E-state index is 0.00398. The summed E-state index contributed by atoms with van der Waals surface area (Å²) in [6.45, 7) is 13.2. The fourth-order valence-electron chi connectivity index (χ4n) is 9.97. The van der Waals surface area contributed by atoms with Gasteiger partial charge in [0.15, 0.2) is 23.5 Å². The molecular formula is C61H69N8O11P. The molecule has 1 fully saturated rings. The Bertz CT molecular complexity index is 3140. The van der Waals surface area contributed by atoms with Crippen LogP contribution in [0.4, 0.5) is 22.1 Å². The highest BCUT2D eigenvalue weighted by Crippen LogP contribution is 2.54. The number of methoxy groups -OCH3 is 2. The van der Waals surface area contributed by atoms with Crippen molar-refractivity contribution in [2.45, 2.75) is 116 Å². The number of para-hydroxylation sites is 2. The number of aromatic nitrogens is 4. The zero-order valence-corrected chi connectivity index (χ0v) is 47.8. The van der Waals surface area contributed by atoms with Crippen molar-refractivity contribution >= 4 is 55.0 Å². The quantitative estimate of drug-likeness (QED) is 0.0248. The van der Waals surface area contributed by atoms with Crippen molar-refractivity contribution in [2.75, 3.05) is 31.0 Å². The van der Waals surface area contributed by atoms with E-state index in [0.717, 1.165) is 0 Å². The molecule has 3 heterocycles. The summed E-state index contributed by atoms with van der Waals surface area (Å²) < 4.78 is 48.9. The average Bonchev–Trinajstić information content (AvgIpc) is 3.90. The molecule has 1 aliphatic rings. The van der Waals surface area contributed by atoms with E-state index in [1.54, 1.807) is 76.6 Å². The Kier molecular flexibility index (Phi) is 19.8. The summed E-state index contributed by atoms with van der Waals surface area (Å²) >= 11 is 0. The van der Waals surface area contributed by atoms with E-state index in [1.807, 2.05) is 130 Å². The SMILES string of the molecule is CCCC(=O)O[C@@H]1[C@H](OP(OCCC#N)N(C(C)C)C(C)C)[C@@H](C(O)C(c2ccccc2)(c2ccc(OC)cc2)c2ccc(OC)cc2)O[C@H]1n1cnc2c(OC(=O)N(c3ccccc3)c3ccccc3)nc(NC(=O)C(C)C)nc21. The van der Waals surface area contributed by atoms with Gasteiger partial charge < -0.3 is 37.8 Å². The number of aliphatic hydroxyl groups excluding tert-OH is 1. The molecule has 0 bridgehead atoms. The van der Waals surface area contributed by atoms with Gasteiger partial charge in [-0.1, -0.05) is 112 Å². The van der Waals surface area contributed by atoms with Crippen LogP contribution in [-0.4, -0.2) is 105 Å². The largest absolute Gasteiger partial charge is 0.497 e. The first-order valence-corrected chi connectivity index (χ1v) is 28.1. The number of nitrogens with zero attached hydrogens (tertiary/aromatic N) is 7. The maximum Gasteiger partial charge on any atom is 0.425 e. The Hall–Kier alpha value is -7.82. The second-order valence-corrected chi connectivity index (χ2v) is 21.5. The molecule has 20 heteroatoms. The first-order chi connectivity index (χ1) is 39.1. The summed E-state index contributed by atoms with van der Waals surface area (Å²) in [5.41, 5.74) is 1.37. The van der Waals surface area contributed by atoms with Crippen LogP contribution in [0.15, 0.2) is 146 Å². The lowest BCUT2D eigenvalue weighted by molar-refractivity contribution is -0.158. The van der Waals surface area contributed by atoms with Gasteiger partial charge in [-0.15, -0.1) is 0 Å². The van der Waals surface area contributed by atoms with Crippen molar-refractivity contribution < 1.29 is 52.2 Å². The number of carbonyl (C=O) groups is 3. The molecule has 424 valence electrons. The summed E-state index contributed by atoms with van der Waals surface area (Å²) in [5.74, 6) is -0.960. The summed E-state index contributed by atoms with van der Waals surface area (Å²) in [5, 5.41) is 26.6. The number of amides is 2. The number of aliphatic hydroxyl groups is 1. The third-order valence-electron chi connectivity index (χ3n) is 13.7. The summed E-state index contributed by atoms with van der Waals surface area (Å²) in [6, 6.07) is 43.9. The van der Waals surface area contributed by atoms with Crippen molar-refractivity contribution in [1.82, 2.24) is 24.2 Å². The number of hydrogen-bond donors (Lipinski definition) is 2. The van der Waals surface area contributed by atoms with Crippen molar-refractivity contribution in [3.63, 3.8) is 0 Å². The van der Waals surface area contributed by atoms with Crippen molar-refractivity contribution in [3.8, 4) is 23.4 Å². The average molecular weight is 1120 g/mol. The summed E-state index contributed by atoms with van der Waals surface area (Å²) in [7, 11) is 1.01. The Morgan fingerprint density at radius 2 is 1.32 bits per heavy atom. The number of benzene rings is 5. The van der Waals surface area contributed by atoms with Crippen LogP contribution in [-0.2, 0) is 33.5 Å². The highest BCUT2D eigenvalue weighted by molar-refractivity contribution is 7.44. The third-order valence-corrected chi connectivity index (χ3v) is 15.8. The van der Waals surface area contributed by atoms with Gasteiger partial charge in [0.1, 0.15) is 29.8 Å². The predicted octanol–water partition coefficient (Wildman–Crippen LogP) is 11.4. The maximum absolute atomic E-state index is 14.7. The Morgan fingerprint density at radius 3 is 1.83 bits per heavy atom. The van der Waals surface area contributed by atoms with Gasteiger partial charge in [0.25, 0.3) is 14.4 Å². The molecule has 5 aromatic carbocycles. The van der Waals surface area contributed by atoms with E-state index in [4.69, 9.17) is 42.7 Å². The predicted molar refractivity (Wildman–Crippen MR) is 307 cm³/mol. The molecule has 8 rings (SSSR count). The number of nitriles is 1. The molecule has 0 aliphatic carbocycles. The monoisotopic (exact) mass is 1120 g/mol. The fourth-order valence-corrected chi connectivity index (χ4v) is 11.7. The minimum atomic E-state index is -2.13. The van der Waals surface area contributed by atoms with E-state index >= 15 is 0 Å². The maximum atomic E-state index is 14.7. The molecule has 2 aromatic heterocycles. The zero-order chi connectivity index (χ0) is 57.8. The van der Waals surface area contributed by atoms with Crippen LogP contribution < -0.4 is 24.4 Å². The van der Waals surface area contributed by atoms with Crippen LogP contribution >= 0.6 is 8.53 Å². The molecule has 6 atom stereocenters. The van der Waals surface area contributed by atoms with Gasteiger partial charge in [-0.3, -0.25) is 19.5 Å². The Labute approximate surface area is 473 Å². The van der Waals surface area contributed by atoms with E-state index in [2.05, 4.69) is 16.4 Å². The lowest BCUT2D eigenvalue weighted by Gasteiger charge is -2.44. The van der Waals surface area contributed by atoms with E-state index in [9.17, 15) is 24.8 Å². The lowest BCUT2D eigenvalue weighted by Crippen LogP contribution is -2.53. The molecule has 0 spiro atoms. The molecule has 7 aromatic rings. The van der Waals surface area contributed by atoms with Gasteiger partial charge >= 0.3 is 12.1 Å².